The predicted octanol–water partition coefficient (Wildman–Crippen LogP) is 1.12. The predicted molar refractivity (Wildman–Crippen MR) is 83.7 cm³/mol. The molecule has 3 aromatic rings. The summed E-state index contributed by atoms with van der Waals surface area (Å²) in [6.45, 7) is 4.22. The Balaban J connectivity index is 0.00000161. The summed E-state index contributed by atoms with van der Waals surface area (Å²) in [5.41, 5.74) is 1.99. The van der Waals surface area contributed by atoms with Gasteiger partial charge in [0.05, 0.1) is 5.52 Å². The second kappa shape index (κ2) is 6.55. The van der Waals surface area contributed by atoms with Crippen molar-refractivity contribution in [3.63, 3.8) is 0 Å². The Morgan fingerprint density at radius 1 is 0.857 bits per heavy atom. The molecule has 4 heteroatoms. The molecular formula is C17H17ClN3-. The lowest BCUT2D eigenvalue weighted by Gasteiger charge is -2.13. The number of aromatic nitrogens is 2. The summed E-state index contributed by atoms with van der Waals surface area (Å²) >= 11 is 0. The third kappa shape index (κ3) is 3.31. The summed E-state index contributed by atoms with van der Waals surface area (Å²) in [6.07, 6.45) is 0. The van der Waals surface area contributed by atoms with Crippen LogP contribution in [0.2, 0.25) is 0 Å². The van der Waals surface area contributed by atoms with Crippen LogP contribution in [-0.2, 0) is 0 Å². The minimum atomic E-state index is 0. The zero-order chi connectivity index (χ0) is 13.9. The summed E-state index contributed by atoms with van der Waals surface area (Å²) in [7, 11) is 0. The molecule has 0 fully saturated rings. The highest BCUT2D eigenvalue weighted by molar-refractivity contribution is 5.90. The van der Waals surface area contributed by atoms with Crippen molar-refractivity contribution >= 4 is 16.7 Å². The van der Waals surface area contributed by atoms with E-state index in [1.54, 1.807) is 0 Å². The normalized spacial score (nSPS) is 10.4. The summed E-state index contributed by atoms with van der Waals surface area (Å²) in [6, 6.07) is 18.5. The van der Waals surface area contributed by atoms with Crippen LogP contribution in [0.1, 0.15) is 13.8 Å². The van der Waals surface area contributed by atoms with Crippen LogP contribution in [-0.4, -0.2) is 16.0 Å². The van der Waals surface area contributed by atoms with Crippen molar-refractivity contribution in [2.45, 2.75) is 19.9 Å². The van der Waals surface area contributed by atoms with Gasteiger partial charge in [-0.1, -0.05) is 42.5 Å². The number of benzene rings is 2. The topological polar surface area (TPSA) is 37.8 Å². The molecule has 3 nitrogen and oxygen atoms in total. The molecule has 0 bridgehead atoms. The van der Waals surface area contributed by atoms with E-state index >= 15 is 0 Å². The molecule has 0 aliphatic carbocycles. The number of hydrogen-bond acceptors (Lipinski definition) is 3. The third-order valence-corrected chi connectivity index (χ3v) is 3.06. The number of fused-ring (bicyclic) bond motifs is 1. The summed E-state index contributed by atoms with van der Waals surface area (Å²) in [5, 5.41) is 4.46. The lowest BCUT2D eigenvalue weighted by Crippen LogP contribution is -3.00. The van der Waals surface area contributed by atoms with Gasteiger partial charge in [-0.25, -0.2) is 9.97 Å². The van der Waals surface area contributed by atoms with Gasteiger partial charge in [0.2, 0.25) is 0 Å². The first-order chi connectivity index (χ1) is 9.74. The quantitative estimate of drug-likeness (QED) is 0.787. The van der Waals surface area contributed by atoms with Crippen molar-refractivity contribution in [1.82, 2.24) is 9.97 Å². The maximum atomic E-state index is 4.69. The lowest BCUT2D eigenvalue weighted by molar-refractivity contribution is -0.00000429. The van der Waals surface area contributed by atoms with Gasteiger partial charge in [0.25, 0.3) is 0 Å². The highest BCUT2D eigenvalue weighted by atomic mass is 35.5. The molecule has 0 saturated heterocycles. The molecule has 0 spiro atoms. The maximum absolute atomic E-state index is 4.69. The third-order valence-electron chi connectivity index (χ3n) is 3.06. The molecule has 1 N–H and O–H groups in total. The lowest BCUT2D eigenvalue weighted by atomic mass is 10.2. The average Bonchev–Trinajstić information content (AvgIpc) is 2.47. The number of para-hydroxylation sites is 1. The number of nitrogens with one attached hydrogen (secondary N) is 1. The van der Waals surface area contributed by atoms with Crippen LogP contribution in [0.25, 0.3) is 22.3 Å². The van der Waals surface area contributed by atoms with Gasteiger partial charge < -0.3 is 17.7 Å². The molecule has 3 rings (SSSR count). The van der Waals surface area contributed by atoms with Gasteiger partial charge in [0.1, 0.15) is 5.82 Å². The zero-order valence-corrected chi connectivity index (χ0v) is 12.8. The standard InChI is InChI=1S/C17H17N3.ClH/c1-12(2)18-17-14-10-6-7-11-15(14)19-16(20-17)13-8-4-3-5-9-13;/h3-12H,1-2H3,(H,18,19,20);1H/p-1. The number of rotatable bonds is 3. The molecule has 1 aromatic heterocycles. The van der Waals surface area contributed by atoms with E-state index in [0.717, 1.165) is 28.1 Å². The first kappa shape index (κ1) is 15.3. The molecule has 0 saturated carbocycles. The van der Waals surface area contributed by atoms with E-state index in [-0.39, 0.29) is 12.4 Å². The van der Waals surface area contributed by atoms with Crippen LogP contribution in [0.5, 0.6) is 0 Å². The highest BCUT2D eigenvalue weighted by Gasteiger charge is 2.09. The number of halogens is 1. The van der Waals surface area contributed by atoms with Crippen molar-refractivity contribution < 1.29 is 12.4 Å². The highest BCUT2D eigenvalue weighted by Crippen LogP contribution is 2.25. The van der Waals surface area contributed by atoms with Crippen molar-refractivity contribution in [1.29, 1.82) is 0 Å². The van der Waals surface area contributed by atoms with Gasteiger partial charge in [-0.2, -0.15) is 0 Å². The van der Waals surface area contributed by atoms with Crippen LogP contribution < -0.4 is 17.7 Å². The SMILES string of the molecule is CC(C)Nc1nc(-c2ccccc2)nc2ccccc12.[Cl-]. The van der Waals surface area contributed by atoms with Crippen LogP contribution in [0, 0.1) is 0 Å². The Kier molecular flexibility index (Phi) is 4.76. The van der Waals surface area contributed by atoms with E-state index in [9.17, 15) is 0 Å². The molecule has 0 unspecified atom stereocenters. The second-order valence-electron chi connectivity index (χ2n) is 5.08. The Morgan fingerprint density at radius 2 is 1.52 bits per heavy atom. The molecule has 0 radical (unpaired) electrons. The van der Waals surface area contributed by atoms with Crippen LogP contribution in [0.4, 0.5) is 5.82 Å². The number of anilines is 1. The Hall–Kier alpha value is -2.13. The van der Waals surface area contributed by atoms with Gasteiger partial charge in [-0.3, -0.25) is 0 Å². The Labute approximate surface area is 130 Å². The van der Waals surface area contributed by atoms with Gasteiger partial charge in [0, 0.05) is 17.0 Å². The first-order valence-electron chi connectivity index (χ1n) is 6.83. The van der Waals surface area contributed by atoms with Crippen molar-refractivity contribution in [3.05, 3.63) is 54.6 Å². The first-order valence-corrected chi connectivity index (χ1v) is 6.83. The zero-order valence-electron chi connectivity index (χ0n) is 12.0. The van der Waals surface area contributed by atoms with E-state index in [0.29, 0.717) is 6.04 Å². The molecule has 0 atom stereocenters. The van der Waals surface area contributed by atoms with E-state index in [1.165, 1.54) is 0 Å². The second-order valence-corrected chi connectivity index (χ2v) is 5.08. The molecular weight excluding hydrogens is 282 g/mol. The van der Waals surface area contributed by atoms with Crippen molar-refractivity contribution in [2.75, 3.05) is 5.32 Å². The minimum Gasteiger partial charge on any atom is -1.00 e. The molecule has 21 heavy (non-hydrogen) atoms. The van der Waals surface area contributed by atoms with Crippen molar-refractivity contribution in [3.8, 4) is 11.4 Å². The Morgan fingerprint density at radius 3 is 2.24 bits per heavy atom. The molecule has 0 aliphatic heterocycles. The van der Waals surface area contributed by atoms with E-state index in [4.69, 9.17) is 0 Å². The van der Waals surface area contributed by atoms with Crippen LogP contribution in [0.3, 0.4) is 0 Å². The fourth-order valence-corrected chi connectivity index (χ4v) is 2.18. The van der Waals surface area contributed by atoms with Gasteiger partial charge >= 0.3 is 0 Å². The van der Waals surface area contributed by atoms with Crippen LogP contribution >= 0.6 is 0 Å². The fraction of sp³-hybridized carbons (Fsp3) is 0.176. The van der Waals surface area contributed by atoms with E-state index in [1.807, 2.05) is 48.5 Å². The number of hydrogen-bond donors (Lipinski definition) is 1. The fourth-order valence-electron chi connectivity index (χ4n) is 2.18. The van der Waals surface area contributed by atoms with Crippen molar-refractivity contribution in [2.24, 2.45) is 0 Å². The van der Waals surface area contributed by atoms with E-state index < -0.39 is 0 Å². The smallest absolute Gasteiger partial charge is 0.162 e. The summed E-state index contributed by atoms with van der Waals surface area (Å²) < 4.78 is 0. The maximum Gasteiger partial charge on any atom is 0.162 e. The van der Waals surface area contributed by atoms with Crippen LogP contribution in [0.15, 0.2) is 54.6 Å². The van der Waals surface area contributed by atoms with Gasteiger partial charge in [-0.05, 0) is 26.0 Å². The van der Waals surface area contributed by atoms with Gasteiger partial charge in [0.15, 0.2) is 5.82 Å². The Bertz CT molecular complexity index is 726. The molecule has 108 valence electrons. The molecule has 2 aromatic carbocycles. The minimum absolute atomic E-state index is 0. The van der Waals surface area contributed by atoms with Gasteiger partial charge in [-0.15, -0.1) is 0 Å². The van der Waals surface area contributed by atoms with E-state index in [2.05, 4.69) is 35.2 Å². The monoisotopic (exact) mass is 298 g/mol. The average molecular weight is 299 g/mol. The largest absolute Gasteiger partial charge is 1.00 e. The molecule has 0 aliphatic rings. The number of nitrogens with zero attached hydrogens (tertiary/aromatic N) is 2. The molecule has 0 amide bonds. The molecule has 1 heterocycles. The summed E-state index contributed by atoms with van der Waals surface area (Å²) in [5.74, 6) is 1.65. The summed E-state index contributed by atoms with van der Waals surface area (Å²) in [4.78, 5) is 9.35.